The lowest BCUT2D eigenvalue weighted by Crippen LogP contribution is -2.24. The normalized spacial score (nSPS) is 21.9. The maximum Gasteiger partial charge on any atom is 0.152 e. The van der Waals surface area contributed by atoms with Crippen molar-refractivity contribution in [3.63, 3.8) is 0 Å². The van der Waals surface area contributed by atoms with Gasteiger partial charge in [-0.25, -0.2) is 4.98 Å². The van der Waals surface area contributed by atoms with Gasteiger partial charge < -0.3 is 10.2 Å². The van der Waals surface area contributed by atoms with Crippen molar-refractivity contribution in [1.82, 2.24) is 9.88 Å². The van der Waals surface area contributed by atoms with E-state index in [0.717, 1.165) is 24.3 Å². The summed E-state index contributed by atoms with van der Waals surface area (Å²) < 4.78 is 0. The minimum absolute atomic E-state index is 0.496. The van der Waals surface area contributed by atoms with Crippen LogP contribution in [0.3, 0.4) is 0 Å². The van der Waals surface area contributed by atoms with Gasteiger partial charge in [0.05, 0.1) is 5.69 Å². The molecule has 15 heavy (non-hydrogen) atoms. The largest absolute Gasteiger partial charge is 0.378 e. The van der Waals surface area contributed by atoms with Gasteiger partial charge >= 0.3 is 0 Å². The molecule has 82 valence electrons. The number of nitrogens with one attached hydrogen (secondary N) is 1. The summed E-state index contributed by atoms with van der Waals surface area (Å²) in [6, 6.07) is 2.47. The summed E-state index contributed by atoms with van der Waals surface area (Å²) in [5, 5.41) is 4.05. The number of nitrogens with zero attached hydrogens (tertiary/aromatic N) is 2. The zero-order chi connectivity index (χ0) is 10.8. The van der Waals surface area contributed by atoms with Crippen LogP contribution in [0.5, 0.6) is 0 Å². The Kier molecular flexibility index (Phi) is 3.12. The summed E-state index contributed by atoms with van der Waals surface area (Å²) in [5.74, 6) is 0. The Bertz CT molecular complexity index is 333. The predicted molar refractivity (Wildman–Crippen MR) is 63.5 cm³/mol. The summed E-state index contributed by atoms with van der Waals surface area (Å²) in [5.41, 5.74) is 2.14. The molecular formula is C11H16ClN3. The molecule has 1 aliphatic heterocycles. The van der Waals surface area contributed by atoms with Crippen LogP contribution in [0.2, 0.25) is 5.15 Å². The summed E-state index contributed by atoms with van der Waals surface area (Å²) in [4.78, 5) is 6.41. The molecule has 0 aliphatic carbocycles. The van der Waals surface area contributed by atoms with E-state index in [9.17, 15) is 0 Å². The fourth-order valence-electron chi connectivity index (χ4n) is 1.96. The standard InChI is InChI=1S/C11H16ClN3/c1-8-3-5-13-11(12)10(8)14-9-4-6-15(2)7-9/h3,5,9,14H,4,6-7H2,1-2H3. The van der Waals surface area contributed by atoms with Crippen LogP contribution in [0.15, 0.2) is 12.3 Å². The third-order valence-corrected chi connectivity index (χ3v) is 3.14. The zero-order valence-electron chi connectivity index (χ0n) is 9.13. The van der Waals surface area contributed by atoms with Gasteiger partial charge in [-0.15, -0.1) is 0 Å². The number of aryl methyl sites for hydroxylation is 1. The van der Waals surface area contributed by atoms with Gasteiger partial charge in [0.2, 0.25) is 0 Å². The molecule has 1 aliphatic rings. The van der Waals surface area contributed by atoms with Crippen LogP contribution in [0, 0.1) is 6.92 Å². The van der Waals surface area contributed by atoms with Crippen LogP contribution in [0.25, 0.3) is 0 Å². The Morgan fingerprint density at radius 3 is 3.00 bits per heavy atom. The molecule has 0 radical (unpaired) electrons. The Balaban J connectivity index is 2.10. The van der Waals surface area contributed by atoms with Crippen LogP contribution in [-0.2, 0) is 0 Å². The van der Waals surface area contributed by atoms with Crippen molar-refractivity contribution in [3.05, 3.63) is 23.0 Å². The second-order valence-corrected chi connectivity index (χ2v) is 4.54. The van der Waals surface area contributed by atoms with Gasteiger partial charge in [0.15, 0.2) is 5.15 Å². The molecule has 1 saturated heterocycles. The first-order chi connectivity index (χ1) is 7.16. The second kappa shape index (κ2) is 4.37. The van der Waals surface area contributed by atoms with E-state index < -0.39 is 0 Å². The molecule has 3 nitrogen and oxygen atoms in total. The molecule has 4 heteroatoms. The molecular weight excluding hydrogens is 210 g/mol. The van der Waals surface area contributed by atoms with Gasteiger partial charge in [-0.1, -0.05) is 11.6 Å². The van der Waals surface area contributed by atoms with Crippen LogP contribution in [0.4, 0.5) is 5.69 Å². The van der Waals surface area contributed by atoms with Crippen molar-refractivity contribution < 1.29 is 0 Å². The molecule has 1 unspecified atom stereocenters. The van der Waals surface area contributed by atoms with Gasteiger partial charge in [-0.2, -0.15) is 0 Å². The third kappa shape index (κ3) is 2.41. The van der Waals surface area contributed by atoms with Gasteiger partial charge in [-0.05, 0) is 38.6 Å². The maximum absolute atomic E-state index is 6.06. The quantitative estimate of drug-likeness (QED) is 0.782. The Labute approximate surface area is 95.4 Å². The van der Waals surface area contributed by atoms with Crippen LogP contribution >= 0.6 is 11.6 Å². The van der Waals surface area contributed by atoms with E-state index in [0.29, 0.717) is 11.2 Å². The molecule has 1 atom stereocenters. The van der Waals surface area contributed by atoms with Crippen LogP contribution < -0.4 is 5.32 Å². The van der Waals surface area contributed by atoms with E-state index in [1.807, 2.05) is 6.07 Å². The maximum atomic E-state index is 6.06. The van der Waals surface area contributed by atoms with E-state index in [-0.39, 0.29) is 0 Å². The van der Waals surface area contributed by atoms with Crippen molar-refractivity contribution in [1.29, 1.82) is 0 Å². The molecule has 1 aromatic rings. The smallest absolute Gasteiger partial charge is 0.152 e. The first-order valence-corrected chi connectivity index (χ1v) is 5.61. The number of likely N-dealkylation sites (tertiary alicyclic amines) is 1. The SMILES string of the molecule is Cc1ccnc(Cl)c1NC1CCN(C)C1. The fourth-order valence-corrected chi connectivity index (χ4v) is 2.22. The van der Waals surface area contributed by atoms with Crippen molar-refractivity contribution in [2.45, 2.75) is 19.4 Å². The molecule has 1 N–H and O–H groups in total. The Morgan fingerprint density at radius 2 is 2.40 bits per heavy atom. The van der Waals surface area contributed by atoms with Gasteiger partial charge in [-0.3, -0.25) is 0 Å². The molecule has 0 saturated carbocycles. The molecule has 1 fully saturated rings. The first kappa shape index (κ1) is 10.7. The number of anilines is 1. The molecule has 0 spiro atoms. The van der Waals surface area contributed by atoms with E-state index in [4.69, 9.17) is 11.6 Å². The molecule has 0 amide bonds. The topological polar surface area (TPSA) is 28.2 Å². The minimum atomic E-state index is 0.496. The molecule has 2 rings (SSSR count). The number of pyridine rings is 1. The lowest BCUT2D eigenvalue weighted by atomic mass is 10.2. The van der Waals surface area contributed by atoms with E-state index in [1.165, 1.54) is 6.42 Å². The number of likely N-dealkylation sites (N-methyl/N-ethyl adjacent to an activating group) is 1. The van der Waals surface area contributed by atoms with Crippen molar-refractivity contribution in [3.8, 4) is 0 Å². The van der Waals surface area contributed by atoms with Crippen LogP contribution in [0.1, 0.15) is 12.0 Å². The lowest BCUT2D eigenvalue weighted by Gasteiger charge is -2.16. The molecule has 0 aromatic carbocycles. The average Bonchev–Trinajstić information content (AvgIpc) is 2.58. The van der Waals surface area contributed by atoms with E-state index in [1.54, 1.807) is 6.20 Å². The number of rotatable bonds is 2. The summed E-state index contributed by atoms with van der Waals surface area (Å²) in [7, 11) is 2.14. The minimum Gasteiger partial charge on any atom is -0.378 e. The highest BCUT2D eigenvalue weighted by Gasteiger charge is 2.20. The second-order valence-electron chi connectivity index (χ2n) is 4.19. The highest BCUT2D eigenvalue weighted by Crippen LogP contribution is 2.25. The first-order valence-electron chi connectivity index (χ1n) is 5.23. The fraction of sp³-hybridized carbons (Fsp3) is 0.545. The molecule has 2 heterocycles. The highest BCUT2D eigenvalue weighted by atomic mass is 35.5. The number of halogens is 1. The van der Waals surface area contributed by atoms with Crippen LogP contribution in [-0.4, -0.2) is 36.1 Å². The summed E-state index contributed by atoms with van der Waals surface area (Å²) in [6.07, 6.45) is 2.91. The van der Waals surface area contributed by atoms with E-state index in [2.05, 4.69) is 29.2 Å². The van der Waals surface area contributed by atoms with Gasteiger partial charge in [0.1, 0.15) is 0 Å². The Hall–Kier alpha value is -0.800. The predicted octanol–water partition coefficient (Wildman–Crippen LogP) is 2.16. The van der Waals surface area contributed by atoms with Crippen molar-refractivity contribution in [2.24, 2.45) is 0 Å². The molecule has 1 aromatic heterocycles. The lowest BCUT2D eigenvalue weighted by molar-refractivity contribution is 0.414. The van der Waals surface area contributed by atoms with E-state index >= 15 is 0 Å². The Morgan fingerprint density at radius 1 is 1.60 bits per heavy atom. The third-order valence-electron chi connectivity index (χ3n) is 2.85. The monoisotopic (exact) mass is 225 g/mol. The number of hydrogen-bond donors (Lipinski definition) is 1. The summed E-state index contributed by atoms with van der Waals surface area (Å²) >= 11 is 6.06. The highest BCUT2D eigenvalue weighted by molar-refractivity contribution is 6.32. The number of aromatic nitrogens is 1. The number of hydrogen-bond acceptors (Lipinski definition) is 3. The van der Waals surface area contributed by atoms with Gasteiger partial charge in [0.25, 0.3) is 0 Å². The van der Waals surface area contributed by atoms with Crippen molar-refractivity contribution >= 4 is 17.3 Å². The summed E-state index contributed by atoms with van der Waals surface area (Å²) in [6.45, 7) is 4.27. The molecule has 0 bridgehead atoms. The van der Waals surface area contributed by atoms with Gasteiger partial charge in [0, 0.05) is 18.8 Å². The zero-order valence-corrected chi connectivity index (χ0v) is 9.88. The average molecular weight is 226 g/mol. The van der Waals surface area contributed by atoms with Crippen molar-refractivity contribution in [2.75, 3.05) is 25.5 Å².